The summed E-state index contributed by atoms with van der Waals surface area (Å²) in [7, 11) is 1.51. The summed E-state index contributed by atoms with van der Waals surface area (Å²) in [5.41, 5.74) is 1.27. The summed E-state index contributed by atoms with van der Waals surface area (Å²) in [5.74, 6) is -1.32. The molecule has 35 heavy (non-hydrogen) atoms. The smallest absolute Gasteiger partial charge is 0.296 e. The third-order valence-corrected chi connectivity index (χ3v) is 6.33. The van der Waals surface area contributed by atoms with Crippen LogP contribution in [0.2, 0.25) is 5.02 Å². The zero-order valence-electron chi connectivity index (χ0n) is 18.8. The molecule has 188 valence electrons. The molecule has 9 nitrogen and oxygen atoms in total. The lowest BCUT2D eigenvalue weighted by molar-refractivity contribution is 0.00706. The lowest BCUT2D eigenvalue weighted by atomic mass is 10.1. The number of halogens is 3. The van der Waals surface area contributed by atoms with E-state index in [0.717, 1.165) is 12.1 Å². The maximum atomic E-state index is 14.5. The van der Waals surface area contributed by atoms with E-state index in [1.54, 1.807) is 6.07 Å². The van der Waals surface area contributed by atoms with Gasteiger partial charge in [-0.25, -0.2) is 13.8 Å². The molecule has 0 spiro atoms. The van der Waals surface area contributed by atoms with Crippen molar-refractivity contribution in [2.24, 2.45) is 0 Å². The third-order valence-electron chi connectivity index (χ3n) is 6.00. The van der Waals surface area contributed by atoms with Gasteiger partial charge in [0.05, 0.1) is 36.1 Å². The van der Waals surface area contributed by atoms with Crippen molar-refractivity contribution in [2.45, 2.75) is 37.3 Å². The number of aliphatic hydroxyl groups is 1. The van der Waals surface area contributed by atoms with Gasteiger partial charge in [-0.2, -0.15) is 4.98 Å². The fourth-order valence-corrected chi connectivity index (χ4v) is 4.49. The minimum absolute atomic E-state index is 0.0458. The second-order valence-electron chi connectivity index (χ2n) is 8.36. The molecule has 1 aromatic carbocycles. The van der Waals surface area contributed by atoms with Crippen molar-refractivity contribution in [1.29, 1.82) is 0 Å². The van der Waals surface area contributed by atoms with Crippen LogP contribution in [0.4, 0.5) is 8.78 Å². The van der Waals surface area contributed by atoms with Gasteiger partial charge in [-0.3, -0.25) is 0 Å². The Morgan fingerprint density at radius 2 is 1.86 bits per heavy atom. The average molecular weight is 512 g/mol. The predicted octanol–water partition coefficient (Wildman–Crippen LogP) is 2.61. The number of ether oxygens (including phenoxy) is 5. The monoisotopic (exact) mass is 511 g/mol. The summed E-state index contributed by atoms with van der Waals surface area (Å²) >= 11 is 6.38. The standard InChI is InChI=1S/C23H24ClF2N3O6/c1-31-4-5-32-11-6-14(25)12(15(26)7-11)2-3-16-13(24)8-17-22(27-16)29-23(28-17)35-19-10-34-20-18(30)9-33-21(19)20/h6-8,18-21,30H,2-5,9-10H2,1H3,(H,27,28,29)/t18-,19-,20-,21-/m1/s1. The van der Waals surface area contributed by atoms with Crippen LogP contribution in [0.15, 0.2) is 18.2 Å². The number of nitrogens with one attached hydrogen (secondary N) is 1. The highest BCUT2D eigenvalue weighted by atomic mass is 35.5. The van der Waals surface area contributed by atoms with Crippen molar-refractivity contribution in [1.82, 2.24) is 15.0 Å². The fraction of sp³-hybridized carbons (Fsp3) is 0.478. The molecule has 2 aliphatic heterocycles. The van der Waals surface area contributed by atoms with Crippen LogP contribution in [0.3, 0.4) is 0 Å². The number of methoxy groups -OCH3 is 1. The summed E-state index contributed by atoms with van der Waals surface area (Å²) in [6.45, 7) is 0.953. The van der Waals surface area contributed by atoms with E-state index in [1.165, 1.54) is 7.11 Å². The first-order valence-electron chi connectivity index (χ1n) is 11.2. The van der Waals surface area contributed by atoms with Crippen molar-refractivity contribution in [2.75, 3.05) is 33.5 Å². The van der Waals surface area contributed by atoms with Crippen molar-refractivity contribution in [3.63, 3.8) is 0 Å². The second kappa shape index (κ2) is 10.2. The average Bonchev–Trinajstić information content (AvgIpc) is 3.50. The Labute approximate surface area is 204 Å². The molecule has 2 aromatic heterocycles. The molecule has 2 N–H and O–H groups in total. The first kappa shape index (κ1) is 24.1. The molecule has 2 saturated heterocycles. The third kappa shape index (κ3) is 5.05. The van der Waals surface area contributed by atoms with E-state index >= 15 is 0 Å². The molecule has 4 heterocycles. The number of hydrogen-bond donors (Lipinski definition) is 2. The molecule has 2 fully saturated rings. The van der Waals surface area contributed by atoms with Gasteiger partial charge in [0, 0.05) is 24.8 Å². The number of rotatable bonds is 9. The Kier molecular flexibility index (Phi) is 7.03. The number of aliphatic hydroxyl groups excluding tert-OH is 1. The molecule has 0 radical (unpaired) electrons. The number of aromatic amines is 1. The van der Waals surface area contributed by atoms with Crippen molar-refractivity contribution < 1.29 is 37.6 Å². The number of imidazole rings is 1. The van der Waals surface area contributed by atoms with Gasteiger partial charge in [0.1, 0.15) is 42.3 Å². The summed E-state index contributed by atoms with van der Waals surface area (Å²) in [6.07, 6.45) is -1.67. The van der Waals surface area contributed by atoms with Gasteiger partial charge in [-0.15, -0.1) is 0 Å². The summed E-state index contributed by atoms with van der Waals surface area (Å²) in [6, 6.07) is 4.14. The van der Waals surface area contributed by atoms with Crippen LogP contribution in [0.5, 0.6) is 11.8 Å². The van der Waals surface area contributed by atoms with Crippen LogP contribution in [0.1, 0.15) is 11.3 Å². The predicted molar refractivity (Wildman–Crippen MR) is 120 cm³/mol. The molecule has 4 atom stereocenters. The number of pyridine rings is 1. The minimum Gasteiger partial charge on any atom is -0.491 e. The van der Waals surface area contributed by atoms with Gasteiger partial charge < -0.3 is 33.8 Å². The minimum atomic E-state index is -0.707. The Morgan fingerprint density at radius 1 is 1.09 bits per heavy atom. The number of fused-ring (bicyclic) bond motifs is 2. The molecule has 0 aliphatic carbocycles. The van der Waals surface area contributed by atoms with E-state index in [0.29, 0.717) is 28.5 Å². The van der Waals surface area contributed by atoms with Crippen LogP contribution in [0.25, 0.3) is 11.2 Å². The Balaban J connectivity index is 1.27. The molecule has 3 aromatic rings. The fourth-order valence-electron chi connectivity index (χ4n) is 4.24. The van der Waals surface area contributed by atoms with Crippen LogP contribution in [-0.2, 0) is 27.1 Å². The van der Waals surface area contributed by atoms with Crippen LogP contribution < -0.4 is 9.47 Å². The molecule has 0 amide bonds. The summed E-state index contributed by atoms with van der Waals surface area (Å²) in [5, 5.41) is 10.2. The van der Waals surface area contributed by atoms with E-state index < -0.39 is 29.9 Å². The molecule has 0 bridgehead atoms. The number of aryl methyl sites for hydroxylation is 1. The Hall–Kier alpha value is -2.57. The molecular weight excluding hydrogens is 488 g/mol. The SMILES string of the molecule is COCCOc1cc(F)c(CCc2nc3nc(O[C@@H]4CO[C@H]5[C@@H]4OC[C@H]5O)[nH]c3cc2Cl)c(F)c1. The first-order valence-corrected chi connectivity index (χ1v) is 11.5. The maximum absolute atomic E-state index is 14.5. The van der Waals surface area contributed by atoms with Crippen molar-refractivity contribution in [3.05, 3.63) is 46.1 Å². The van der Waals surface area contributed by atoms with Gasteiger partial charge in [0.2, 0.25) is 0 Å². The van der Waals surface area contributed by atoms with Gasteiger partial charge in [0.25, 0.3) is 6.01 Å². The highest BCUT2D eigenvalue weighted by Gasteiger charge is 2.48. The largest absolute Gasteiger partial charge is 0.491 e. The van der Waals surface area contributed by atoms with Gasteiger partial charge in [-0.1, -0.05) is 11.6 Å². The van der Waals surface area contributed by atoms with Gasteiger partial charge in [-0.05, 0) is 18.9 Å². The number of nitrogens with zero attached hydrogens (tertiary/aromatic N) is 2. The zero-order valence-corrected chi connectivity index (χ0v) is 19.6. The lowest BCUT2D eigenvalue weighted by Gasteiger charge is -2.15. The lowest BCUT2D eigenvalue weighted by Crippen LogP contribution is -2.34. The topological polar surface area (TPSA) is 108 Å². The molecule has 0 unspecified atom stereocenters. The molecule has 5 rings (SSSR count). The van der Waals surface area contributed by atoms with Crippen LogP contribution in [0, 0.1) is 11.6 Å². The van der Waals surface area contributed by atoms with E-state index in [9.17, 15) is 13.9 Å². The summed E-state index contributed by atoms with van der Waals surface area (Å²) in [4.78, 5) is 11.8. The highest BCUT2D eigenvalue weighted by molar-refractivity contribution is 6.31. The molecule has 12 heteroatoms. The Morgan fingerprint density at radius 3 is 2.63 bits per heavy atom. The van der Waals surface area contributed by atoms with E-state index in [2.05, 4.69) is 15.0 Å². The second-order valence-corrected chi connectivity index (χ2v) is 8.76. The number of benzene rings is 1. The maximum Gasteiger partial charge on any atom is 0.296 e. The van der Waals surface area contributed by atoms with E-state index in [4.69, 9.17) is 35.3 Å². The first-order chi connectivity index (χ1) is 16.9. The van der Waals surface area contributed by atoms with E-state index in [-0.39, 0.29) is 56.1 Å². The van der Waals surface area contributed by atoms with Crippen molar-refractivity contribution in [3.8, 4) is 11.8 Å². The van der Waals surface area contributed by atoms with Crippen LogP contribution in [-0.4, -0.2) is 78.0 Å². The highest BCUT2D eigenvalue weighted by Crippen LogP contribution is 2.30. The van der Waals surface area contributed by atoms with Gasteiger partial charge in [0.15, 0.2) is 11.8 Å². The van der Waals surface area contributed by atoms with Crippen molar-refractivity contribution >= 4 is 22.8 Å². The van der Waals surface area contributed by atoms with E-state index in [1.807, 2.05) is 0 Å². The molecule has 0 saturated carbocycles. The number of aromatic nitrogens is 3. The normalized spacial score (nSPS) is 23.7. The quantitative estimate of drug-likeness (QED) is 0.422. The Bertz CT molecular complexity index is 1190. The number of H-pyrrole nitrogens is 1. The van der Waals surface area contributed by atoms with Crippen LogP contribution >= 0.6 is 11.6 Å². The molecule has 2 aliphatic rings. The van der Waals surface area contributed by atoms with Gasteiger partial charge >= 0.3 is 0 Å². The number of hydrogen-bond acceptors (Lipinski definition) is 8. The summed E-state index contributed by atoms with van der Waals surface area (Å²) < 4.78 is 56.2. The zero-order chi connectivity index (χ0) is 24.5. The molecular formula is C23H24ClF2N3O6.